The van der Waals surface area contributed by atoms with Crippen molar-refractivity contribution in [1.82, 2.24) is 21.3 Å². The molecular formula is C16H28IN5O2S. The number of hydrogen-bond acceptors (Lipinski definition) is 4. The summed E-state index contributed by atoms with van der Waals surface area (Å²) in [5.41, 5.74) is -0.253. The second-order valence-electron chi connectivity index (χ2n) is 6.24. The maximum Gasteiger partial charge on any atom is 0.261 e. The Morgan fingerprint density at radius 2 is 1.84 bits per heavy atom. The molecule has 0 aliphatic carbocycles. The van der Waals surface area contributed by atoms with Crippen molar-refractivity contribution in [1.29, 1.82) is 0 Å². The smallest absolute Gasteiger partial charge is 0.261 e. The number of nitrogens with zero attached hydrogens (tertiary/aromatic N) is 1. The van der Waals surface area contributed by atoms with Crippen molar-refractivity contribution in [2.45, 2.75) is 32.7 Å². The standard InChI is InChI=1S/C16H27N5O2S.HI/c1-16(2,3)21-13(22)11-20-15(17-4)19-9-6-8-18-14(23)12-7-5-10-24-12;/h5,7,10H,6,8-9,11H2,1-4H3,(H,18,23)(H,21,22)(H2,17,19,20);1H. The zero-order valence-electron chi connectivity index (χ0n) is 15.1. The first-order valence-corrected chi connectivity index (χ1v) is 8.77. The van der Waals surface area contributed by atoms with E-state index in [0.717, 1.165) is 6.42 Å². The van der Waals surface area contributed by atoms with Gasteiger partial charge in [-0.1, -0.05) is 6.07 Å². The Morgan fingerprint density at radius 3 is 2.40 bits per heavy atom. The summed E-state index contributed by atoms with van der Waals surface area (Å²) in [6, 6.07) is 3.65. The Morgan fingerprint density at radius 1 is 1.16 bits per heavy atom. The molecule has 1 rings (SSSR count). The number of nitrogens with one attached hydrogen (secondary N) is 4. The van der Waals surface area contributed by atoms with E-state index in [-0.39, 0.29) is 47.9 Å². The normalized spacial score (nSPS) is 11.3. The summed E-state index contributed by atoms with van der Waals surface area (Å²) in [6.45, 7) is 7.18. The van der Waals surface area contributed by atoms with Gasteiger partial charge in [-0.2, -0.15) is 0 Å². The number of carbonyl (C=O) groups is 2. The van der Waals surface area contributed by atoms with Crippen LogP contribution in [-0.4, -0.2) is 50.0 Å². The van der Waals surface area contributed by atoms with Crippen LogP contribution < -0.4 is 21.3 Å². The molecule has 25 heavy (non-hydrogen) atoms. The van der Waals surface area contributed by atoms with Crippen molar-refractivity contribution in [3.05, 3.63) is 22.4 Å². The summed E-state index contributed by atoms with van der Waals surface area (Å²) in [5.74, 6) is 0.420. The van der Waals surface area contributed by atoms with Crippen LogP contribution in [0.5, 0.6) is 0 Å². The van der Waals surface area contributed by atoms with E-state index in [9.17, 15) is 9.59 Å². The third-order valence-corrected chi connectivity index (χ3v) is 3.70. The molecule has 0 radical (unpaired) electrons. The maximum absolute atomic E-state index is 11.7. The van der Waals surface area contributed by atoms with E-state index in [1.165, 1.54) is 11.3 Å². The van der Waals surface area contributed by atoms with Crippen LogP contribution in [0.15, 0.2) is 22.5 Å². The van der Waals surface area contributed by atoms with E-state index in [2.05, 4.69) is 26.3 Å². The van der Waals surface area contributed by atoms with Crippen LogP contribution in [0.3, 0.4) is 0 Å². The molecule has 0 unspecified atom stereocenters. The number of amides is 2. The molecule has 0 spiro atoms. The summed E-state index contributed by atoms with van der Waals surface area (Å²) < 4.78 is 0. The summed E-state index contributed by atoms with van der Waals surface area (Å²) in [7, 11) is 1.65. The van der Waals surface area contributed by atoms with Crippen LogP contribution in [0.2, 0.25) is 0 Å². The van der Waals surface area contributed by atoms with Gasteiger partial charge in [-0.15, -0.1) is 35.3 Å². The summed E-state index contributed by atoms with van der Waals surface area (Å²) in [4.78, 5) is 28.3. The molecule has 0 aliphatic heterocycles. The van der Waals surface area contributed by atoms with Crippen molar-refractivity contribution < 1.29 is 9.59 Å². The number of halogens is 1. The van der Waals surface area contributed by atoms with E-state index in [1.807, 2.05) is 32.2 Å². The van der Waals surface area contributed by atoms with Gasteiger partial charge in [-0.3, -0.25) is 14.6 Å². The summed E-state index contributed by atoms with van der Waals surface area (Å²) in [5, 5.41) is 13.7. The minimum atomic E-state index is -0.253. The van der Waals surface area contributed by atoms with Gasteiger partial charge in [0.1, 0.15) is 0 Å². The zero-order chi connectivity index (χ0) is 18.0. The molecule has 142 valence electrons. The Hall–Kier alpha value is -1.36. The number of guanidine groups is 1. The Kier molecular flexibility index (Phi) is 11.4. The van der Waals surface area contributed by atoms with Crippen molar-refractivity contribution in [3.8, 4) is 0 Å². The lowest BCUT2D eigenvalue weighted by molar-refractivity contribution is -0.121. The molecule has 1 aromatic heterocycles. The third-order valence-electron chi connectivity index (χ3n) is 2.83. The minimum absolute atomic E-state index is 0. The van der Waals surface area contributed by atoms with Crippen LogP contribution in [0, 0.1) is 0 Å². The lowest BCUT2D eigenvalue weighted by Gasteiger charge is -2.21. The van der Waals surface area contributed by atoms with Gasteiger partial charge in [0.15, 0.2) is 5.96 Å². The molecule has 0 saturated carbocycles. The predicted octanol–water partition coefficient (Wildman–Crippen LogP) is 1.57. The molecule has 7 nitrogen and oxygen atoms in total. The minimum Gasteiger partial charge on any atom is -0.356 e. The molecule has 0 atom stereocenters. The van der Waals surface area contributed by atoms with Gasteiger partial charge in [0.2, 0.25) is 5.91 Å². The molecule has 0 aromatic carbocycles. The van der Waals surface area contributed by atoms with Crippen LogP contribution >= 0.6 is 35.3 Å². The lowest BCUT2D eigenvalue weighted by Crippen LogP contribution is -2.48. The first-order valence-electron chi connectivity index (χ1n) is 7.89. The third kappa shape index (κ3) is 11.0. The van der Waals surface area contributed by atoms with Crippen LogP contribution in [0.25, 0.3) is 0 Å². The Bertz CT molecular complexity index is 555. The van der Waals surface area contributed by atoms with Crippen molar-refractivity contribution >= 4 is 53.1 Å². The van der Waals surface area contributed by atoms with Crippen molar-refractivity contribution in [3.63, 3.8) is 0 Å². The molecule has 0 bridgehead atoms. The Balaban J connectivity index is 0.00000576. The van der Waals surface area contributed by atoms with E-state index in [1.54, 1.807) is 13.1 Å². The lowest BCUT2D eigenvalue weighted by atomic mass is 10.1. The SMILES string of the molecule is CN=C(NCCCNC(=O)c1cccs1)NCC(=O)NC(C)(C)C.I. The average Bonchev–Trinajstić information content (AvgIpc) is 3.02. The molecule has 2 amide bonds. The number of hydrogen-bond donors (Lipinski definition) is 4. The highest BCUT2D eigenvalue weighted by Crippen LogP contribution is 2.07. The fraction of sp³-hybridized carbons (Fsp3) is 0.562. The van der Waals surface area contributed by atoms with Crippen LogP contribution in [-0.2, 0) is 4.79 Å². The van der Waals surface area contributed by atoms with Crippen LogP contribution in [0.4, 0.5) is 0 Å². The quantitative estimate of drug-likeness (QED) is 0.206. The monoisotopic (exact) mass is 481 g/mol. The van der Waals surface area contributed by atoms with Crippen LogP contribution in [0.1, 0.15) is 36.9 Å². The molecule has 4 N–H and O–H groups in total. The van der Waals surface area contributed by atoms with E-state index >= 15 is 0 Å². The second kappa shape index (κ2) is 12.1. The van der Waals surface area contributed by atoms with E-state index < -0.39 is 0 Å². The number of rotatable bonds is 7. The Labute approximate surface area is 170 Å². The highest BCUT2D eigenvalue weighted by molar-refractivity contribution is 14.0. The topological polar surface area (TPSA) is 94.6 Å². The predicted molar refractivity (Wildman–Crippen MR) is 114 cm³/mol. The molecule has 0 fully saturated rings. The van der Waals surface area contributed by atoms with Gasteiger partial charge >= 0.3 is 0 Å². The molecular weight excluding hydrogens is 453 g/mol. The highest BCUT2D eigenvalue weighted by atomic mass is 127. The van der Waals surface area contributed by atoms with E-state index in [0.29, 0.717) is 23.9 Å². The fourth-order valence-electron chi connectivity index (χ4n) is 1.84. The van der Waals surface area contributed by atoms with Gasteiger partial charge in [0.05, 0.1) is 11.4 Å². The molecule has 9 heteroatoms. The molecule has 0 saturated heterocycles. The van der Waals surface area contributed by atoms with Gasteiger partial charge < -0.3 is 21.3 Å². The summed E-state index contributed by atoms with van der Waals surface area (Å²) >= 11 is 1.42. The molecule has 1 heterocycles. The van der Waals surface area contributed by atoms with Gasteiger partial charge in [0.25, 0.3) is 5.91 Å². The molecule has 1 aromatic rings. The zero-order valence-corrected chi connectivity index (χ0v) is 18.3. The summed E-state index contributed by atoms with van der Waals surface area (Å²) in [6.07, 6.45) is 0.756. The van der Waals surface area contributed by atoms with Crippen molar-refractivity contribution in [2.75, 3.05) is 26.7 Å². The molecule has 0 aliphatic rings. The number of aliphatic imine (C=N–C) groups is 1. The maximum atomic E-state index is 11.7. The average molecular weight is 481 g/mol. The first kappa shape index (κ1) is 23.6. The van der Waals surface area contributed by atoms with Crippen molar-refractivity contribution in [2.24, 2.45) is 4.99 Å². The number of thiophene rings is 1. The van der Waals surface area contributed by atoms with Gasteiger partial charge in [-0.25, -0.2) is 0 Å². The fourth-order valence-corrected chi connectivity index (χ4v) is 2.48. The van der Waals surface area contributed by atoms with Gasteiger partial charge in [0, 0.05) is 25.7 Å². The van der Waals surface area contributed by atoms with Gasteiger partial charge in [-0.05, 0) is 38.6 Å². The van der Waals surface area contributed by atoms with E-state index in [4.69, 9.17) is 0 Å². The number of carbonyl (C=O) groups excluding carboxylic acids is 2. The first-order chi connectivity index (χ1) is 11.3. The largest absolute Gasteiger partial charge is 0.356 e. The highest BCUT2D eigenvalue weighted by Gasteiger charge is 2.13. The second-order valence-corrected chi connectivity index (χ2v) is 7.19.